The van der Waals surface area contributed by atoms with Gasteiger partial charge in [-0.25, -0.2) is 0 Å². The monoisotopic (exact) mass is 505 g/mol. The van der Waals surface area contributed by atoms with Crippen LogP contribution >= 0.6 is 0 Å². The standard InChI is InChI=1S/C25H27N7O5/c1-26-10-11-36-21-14-32(15-4-5-15)31-24(21)25(33)28-22-6-7-23(30-29-22)37-18-8-9-27-17-13-20(35-3)19(34-2)12-16(17)18/h6-9,12-15,26H,4-5,10-11H2,1-3H3,(H,28,29,33). The first-order valence-electron chi connectivity index (χ1n) is 11.8. The molecule has 192 valence electrons. The molecular formula is C25H27N7O5. The number of hydrogen-bond donors (Lipinski definition) is 2. The Bertz CT molecular complexity index is 1400. The average Bonchev–Trinajstić information content (AvgIpc) is 3.68. The quantitative estimate of drug-likeness (QED) is 0.293. The Labute approximate surface area is 212 Å². The van der Waals surface area contributed by atoms with Crippen LogP contribution in [0.3, 0.4) is 0 Å². The summed E-state index contributed by atoms with van der Waals surface area (Å²) in [6.07, 6.45) is 5.48. The summed E-state index contributed by atoms with van der Waals surface area (Å²) >= 11 is 0. The van der Waals surface area contributed by atoms with Gasteiger partial charge in [0.25, 0.3) is 5.91 Å². The summed E-state index contributed by atoms with van der Waals surface area (Å²) < 4.78 is 24.3. The van der Waals surface area contributed by atoms with E-state index in [2.05, 4.69) is 30.9 Å². The topological polar surface area (TPSA) is 135 Å². The molecule has 0 aliphatic heterocycles. The maximum Gasteiger partial charge on any atom is 0.281 e. The van der Waals surface area contributed by atoms with Gasteiger partial charge in [-0.1, -0.05) is 0 Å². The summed E-state index contributed by atoms with van der Waals surface area (Å²) in [5.41, 5.74) is 0.878. The zero-order chi connectivity index (χ0) is 25.8. The van der Waals surface area contributed by atoms with Gasteiger partial charge in [-0.3, -0.25) is 14.5 Å². The largest absolute Gasteiger partial charge is 0.493 e. The molecule has 2 N–H and O–H groups in total. The number of pyridine rings is 1. The van der Waals surface area contributed by atoms with Crippen LogP contribution in [0.5, 0.6) is 28.9 Å². The summed E-state index contributed by atoms with van der Waals surface area (Å²) in [6, 6.07) is 8.81. The smallest absolute Gasteiger partial charge is 0.281 e. The van der Waals surface area contributed by atoms with Crippen molar-refractivity contribution >= 4 is 22.6 Å². The van der Waals surface area contributed by atoms with Crippen molar-refractivity contribution in [2.24, 2.45) is 0 Å². The molecule has 1 aromatic carbocycles. The second-order valence-electron chi connectivity index (χ2n) is 8.35. The van der Waals surface area contributed by atoms with Crippen molar-refractivity contribution in [3.63, 3.8) is 0 Å². The van der Waals surface area contributed by atoms with E-state index >= 15 is 0 Å². The minimum absolute atomic E-state index is 0.206. The molecule has 1 fully saturated rings. The van der Waals surface area contributed by atoms with Crippen LogP contribution in [0.4, 0.5) is 5.82 Å². The second kappa shape index (κ2) is 10.7. The van der Waals surface area contributed by atoms with Gasteiger partial charge in [-0.05, 0) is 38.1 Å². The van der Waals surface area contributed by atoms with Gasteiger partial charge in [-0.15, -0.1) is 10.2 Å². The van der Waals surface area contributed by atoms with E-state index in [1.54, 1.807) is 61.6 Å². The van der Waals surface area contributed by atoms with Gasteiger partial charge in [-0.2, -0.15) is 5.10 Å². The third-order valence-corrected chi connectivity index (χ3v) is 5.75. The fourth-order valence-electron chi connectivity index (χ4n) is 3.69. The molecule has 3 heterocycles. The number of anilines is 1. The van der Waals surface area contributed by atoms with Crippen molar-refractivity contribution in [3.8, 4) is 28.9 Å². The lowest BCUT2D eigenvalue weighted by Gasteiger charge is -2.12. The van der Waals surface area contributed by atoms with E-state index in [4.69, 9.17) is 18.9 Å². The molecular weight excluding hydrogens is 478 g/mol. The number of ether oxygens (including phenoxy) is 4. The zero-order valence-corrected chi connectivity index (χ0v) is 20.7. The SMILES string of the molecule is CNCCOc1cn(C2CC2)nc1C(=O)Nc1ccc(Oc2ccnc3cc(OC)c(OC)cc23)nn1. The number of fused-ring (bicyclic) bond motifs is 1. The number of carbonyl (C=O) groups excluding carboxylic acids is 1. The maximum atomic E-state index is 12.9. The molecule has 0 bridgehead atoms. The highest BCUT2D eigenvalue weighted by Crippen LogP contribution is 2.37. The molecule has 1 amide bonds. The minimum atomic E-state index is -0.428. The first kappa shape index (κ1) is 24.3. The summed E-state index contributed by atoms with van der Waals surface area (Å²) in [6.45, 7) is 1.07. The molecule has 1 aliphatic rings. The second-order valence-corrected chi connectivity index (χ2v) is 8.35. The number of carbonyl (C=O) groups is 1. The third-order valence-electron chi connectivity index (χ3n) is 5.75. The summed E-state index contributed by atoms with van der Waals surface area (Å²) in [7, 11) is 4.96. The first-order valence-corrected chi connectivity index (χ1v) is 11.8. The average molecular weight is 506 g/mol. The predicted molar refractivity (Wildman–Crippen MR) is 135 cm³/mol. The van der Waals surface area contributed by atoms with Crippen LogP contribution < -0.4 is 29.6 Å². The van der Waals surface area contributed by atoms with Gasteiger partial charge in [0.05, 0.1) is 32.0 Å². The lowest BCUT2D eigenvalue weighted by molar-refractivity contribution is 0.101. The van der Waals surface area contributed by atoms with Gasteiger partial charge in [0, 0.05) is 30.3 Å². The van der Waals surface area contributed by atoms with Crippen LogP contribution in [0, 0.1) is 0 Å². The molecule has 0 spiro atoms. The number of rotatable bonds is 11. The molecule has 12 heteroatoms. The van der Waals surface area contributed by atoms with Crippen molar-refractivity contribution in [1.82, 2.24) is 30.3 Å². The molecule has 5 rings (SSSR count). The van der Waals surface area contributed by atoms with E-state index < -0.39 is 5.91 Å². The number of nitrogens with zero attached hydrogens (tertiary/aromatic N) is 5. The fraction of sp³-hybridized carbons (Fsp3) is 0.320. The molecule has 0 unspecified atom stereocenters. The van der Waals surface area contributed by atoms with Crippen LogP contribution in [-0.4, -0.2) is 65.3 Å². The summed E-state index contributed by atoms with van der Waals surface area (Å²) in [4.78, 5) is 17.3. The molecule has 0 atom stereocenters. The van der Waals surface area contributed by atoms with Gasteiger partial charge in [0.1, 0.15) is 12.4 Å². The highest BCUT2D eigenvalue weighted by molar-refractivity contribution is 6.04. The Morgan fingerprint density at radius 3 is 2.57 bits per heavy atom. The number of amides is 1. The van der Waals surface area contributed by atoms with Crippen LogP contribution in [0.1, 0.15) is 29.4 Å². The Hall–Kier alpha value is -4.45. The number of nitrogens with one attached hydrogen (secondary N) is 2. The lowest BCUT2D eigenvalue weighted by Crippen LogP contribution is -2.18. The maximum absolute atomic E-state index is 12.9. The van der Waals surface area contributed by atoms with Gasteiger partial charge in [0.15, 0.2) is 28.8 Å². The van der Waals surface area contributed by atoms with Crippen molar-refractivity contribution in [3.05, 3.63) is 48.4 Å². The molecule has 1 saturated carbocycles. The van der Waals surface area contributed by atoms with Crippen molar-refractivity contribution in [2.45, 2.75) is 18.9 Å². The highest BCUT2D eigenvalue weighted by atomic mass is 16.5. The van der Waals surface area contributed by atoms with Crippen LogP contribution in [0.25, 0.3) is 10.9 Å². The lowest BCUT2D eigenvalue weighted by atomic mass is 10.2. The molecule has 0 saturated heterocycles. The molecule has 3 aromatic heterocycles. The molecule has 4 aromatic rings. The Kier molecular flexibility index (Phi) is 6.99. The van der Waals surface area contributed by atoms with Crippen LogP contribution in [-0.2, 0) is 0 Å². The molecule has 12 nitrogen and oxygen atoms in total. The number of aromatic nitrogens is 5. The Balaban J connectivity index is 1.31. The number of methoxy groups -OCH3 is 2. The number of hydrogen-bond acceptors (Lipinski definition) is 10. The van der Waals surface area contributed by atoms with E-state index in [9.17, 15) is 4.79 Å². The van der Waals surface area contributed by atoms with E-state index in [0.717, 1.165) is 18.2 Å². The van der Waals surface area contributed by atoms with Gasteiger partial charge >= 0.3 is 0 Å². The Morgan fingerprint density at radius 1 is 1.05 bits per heavy atom. The molecule has 1 aliphatic carbocycles. The molecule has 0 radical (unpaired) electrons. The summed E-state index contributed by atoms with van der Waals surface area (Å²) in [5, 5.41) is 19.1. The van der Waals surface area contributed by atoms with E-state index in [1.165, 1.54) is 0 Å². The van der Waals surface area contributed by atoms with E-state index in [0.29, 0.717) is 47.7 Å². The zero-order valence-electron chi connectivity index (χ0n) is 20.7. The van der Waals surface area contributed by atoms with Crippen molar-refractivity contribution in [1.29, 1.82) is 0 Å². The van der Waals surface area contributed by atoms with Crippen molar-refractivity contribution < 1.29 is 23.7 Å². The normalized spacial score (nSPS) is 12.8. The Morgan fingerprint density at radius 2 is 1.86 bits per heavy atom. The van der Waals surface area contributed by atoms with Gasteiger partial charge < -0.3 is 29.6 Å². The van der Waals surface area contributed by atoms with Crippen LogP contribution in [0.2, 0.25) is 0 Å². The van der Waals surface area contributed by atoms with E-state index in [1.807, 2.05) is 7.05 Å². The van der Waals surface area contributed by atoms with Crippen LogP contribution in [0.15, 0.2) is 42.7 Å². The first-order chi connectivity index (χ1) is 18.1. The number of benzene rings is 1. The highest BCUT2D eigenvalue weighted by Gasteiger charge is 2.28. The fourth-order valence-corrected chi connectivity index (χ4v) is 3.69. The predicted octanol–water partition coefficient (Wildman–Crippen LogP) is 3.22. The van der Waals surface area contributed by atoms with Gasteiger partial charge in [0.2, 0.25) is 5.88 Å². The summed E-state index contributed by atoms with van der Waals surface area (Å²) in [5.74, 6) is 2.14. The molecule has 37 heavy (non-hydrogen) atoms. The minimum Gasteiger partial charge on any atom is -0.493 e. The third kappa shape index (κ3) is 5.38. The number of likely N-dealkylation sites (N-methyl/N-ethyl adjacent to an activating group) is 1. The van der Waals surface area contributed by atoms with E-state index in [-0.39, 0.29) is 17.4 Å². The van der Waals surface area contributed by atoms with Crippen molar-refractivity contribution in [2.75, 3.05) is 39.7 Å².